The van der Waals surface area contributed by atoms with Crippen LogP contribution in [0.15, 0.2) is 0 Å². The highest BCUT2D eigenvalue weighted by atomic mass is 16.3. The Kier molecular flexibility index (Phi) is 2.27. The van der Waals surface area contributed by atoms with Crippen molar-refractivity contribution in [2.45, 2.75) is 25.4 Å². The molecule has 0 aromatic rings. The van der Waals surface area contributed by atoms with Gasteiger partial charge in [0.1, 0.15) is 0 Å². The summed E-state index contributed by atoms with van der Waals surface area (Å²) in [6.07, 6.45) is 2.12. The van der Waals surface area contributed by atoms with E-state index in [4.69, 9.17) is 5.11 Å². The van der Waals surface area contributed by atoms with E-state index in [1.54, 1.807) is 7.05 Å². The van der Waals surface area contributed by atoms with Gasteiger partial charge in [-0.1, -0.05) is 0 Å². The highest BCUT2D eigenvalue weighted by Crippen LogP contribution is 2.29. The van der Waals surface area contributed by atoms with E-state index >= 15 is 0 Å². The SMILES string of the molecule is CNC(=O)CC1CCC1O. The first-order valence-corrected chi connectivity index (χ1v) is 3.62. The third-order valence-electron chi connectivity index (χ3n) is 2.10. The van der Waals surface area contributed by atoms with Crippen molar-refractivity contribution >= 4 is 5.91 Å². The monoisotopic (exact) mass is 143 g/mol. The molecule has 0 aliphatic heterocycles. The van der Waals surface area contributed by atoms with Crippen LogP contribution in [0.2, 0.25) is 0 Å². The van der Waals surface area contributed by atoms with Gasteiger partial charge in [-0.15, -0.1) is 0 Å². The van der Waals surface area contributed by atoms with Crippen molar-refractivity contribution in [3.05, 3.63) is 0 Å². The molecule has 0 saturated heterocycles. The zero-order valence-electron chi connectivity index (χ0n) is 6.13. The number of nitrogens with one attached hydrogen (secondary N) is 1. The van der Waals surface area contributed by atoms with Gasteiger partial charge >= 0.3 is 0 Å². The summed E-state index contributed by atoms with van der Waals surface area (Å²) in [5.41, 5.74) is 0. The zero-order valence-corrected chi connectivity index (χ0v) is 6.13. The molecule has 1 aliphatic rings. The second kappa shape index (κ2) is 3.01. The molecule has 0 spiro atoms. The maximum absolute atomic E-state index is 10.7. The quantitative estimate of drug-likeness (QED) is 0.566. The summed E-state index contributed by atoms with van der Waals surface area (Å²) in [6.45, 7) is 0. The Bertz CT molecular complexity index is 136. The van der Waals surface area contributed by atoms with Crippen LogP contribution in [-0.2, 0) is 4.79 Å². The Labute approximate surface area is 60.4 Å². The minimum atomic E-state index is -0.225. The van der Waals surface area contributed by atoms with E-state index in [-0.39, 0.29) is 17.9 Å². The van der Waals surface area contributed by atoms with Crippen molar-refractivity contribution in [1.82, 2.24) is 5.32 Å². The first kappa shape index (κ1) is 7.54. The van der Waals surface area contributed by atoms with Gasteiger partial charge < -0.3 is 10.4 Å². The van der Waals surface area contributed by atoms with Crippen molar-refractivity contribution in [3.8, 4) is 0 Å². The molecule has 2 unspecified atom stereocenters. The molecule has 1 rings (SSSR count). The topological polar surface area (TPSA) is 49.3 Å². The maximum Gasteiger partial charge on any atom is 0.220 e. The second-order valence-corrected chi connectivity index (χ2v) is 2.78. The Balaban J connectivity index is 2.19. The van der Waals surface area contributed by atoms with Crippen molar-refractivity contribution in [3.63, 3.8) is 0 Å². The summed E-state index contributed by atoms with van der Waals surface area (Å²) in [4.78, 5) is 10.7. The molecular formula is C7H13NO2. The van der Waals surface area contributed by atoms with E-state index in [1.807, 2.05) is 0 Å². The summed E-state index contributed by atoms with van der Waals surface area (Å²) in [5, 5.41) is 11.6. The standard InChI is InChI=1S/C7H13NO2/c1-8-7(10)4-5-2-3-6(5)9/h5-6,9H,2-4H2,1H3,(H,8,10). The highest BCUT2D eigenvalue weighted by molar-refractivity contribution is 5.75. The molecule has 0 heterocycles. The molecule has 2 N–H and O–H groups in total. The van der Waals surface area contributed by atoms with Crippen LogP contribution in [0.25, 0.3) is 0 Å². The van der Waals surface area contributed by atoms with Gasteiger partial charge in [0.2, 0.25) is 5.91 Å². The number of hydrogen-bond donors (Lipinski definition) is 2. The average molecular weight is 143 g/mol. The third kappa shape index (κ3) is 1.48. The van der Waals surface area contributed by atoms with Gasteiger partial charge in [-0.3, -0.25) is 4.79 Å². The highest BCUT2D eigenvalue weighted by Gasteiger charge is 2.29. The zero-order chi connectivity index (χ0) is 7.56. The molecule has 1 amide bonds. The lowest BCUT2D eigenvalue weighted by molar-refractivity contribution is -0.124. The molecule has 58 valence electrons. The molecular weight excluding hydrogens is 130 g/mol. The second-order valence-electron chi connectivity index (χ2n) is 2.78. The van der Waals surface area contributed by atoms with E-state index in [1.165, 1.54) is 0 Å². The van der Waals surface area contributed by atoms with Crippen LogP contribution >= 0.6 is 0 Å². The Morgan fingerprint density at radius 1 is 1.70 bits per heavy atom. The summed E-state index contributed by atoms with van der Waals surface area (Å²) >= 11 is 0. The lowest BCUT2D eigenvalue weighted by atomic mass is 9.79. The van der Waals surface area contributed by atoms with Crippen LogP contribution in [0.3, 0.4) is 0 Å². The molecule has 2 atom stereocenters. The van der Waals surface area contributed by atoms with E-state index in [2.05, 4.69) is 5.32 Å². The van der Waals surface area contributed by atoms with Crippen molar-refractivity contribution in [2.24, 2.45) is 5.92 Å². The minimum Gasteiger partial charge on any atom is -0.393 e. The largest absolute Gasteiger partial charge is 0.393 e. The Morgan fingerprint density at radius 3 is 2.70 bits per heavy atom. The van der Waals surface area contributed by atoms with Gasteiger partial charge in [0.25, 0.3) is 0 Å². The first-order chi connectivity index (χ1) is 4.74. The van der Waals surface area contributed by atoms with Gasteiger partial charge in [-0.2, -0.15) is 0 Å². The number of hydrogen-bond acceptors (Lipinski definition) is 2. The molecule has 0 aromatic carbocycles. The predicted octanol–water partition coefficient (Wildman–Crippen LogP) is -0.107. The van der Waals surface area contributed by atoms with Crippen LogP contribution in [0.5, 0.6) is 0 Å². The van der Waals surface area contributed by atoms with Crippen molar-refractivity contribution < 1.29 is 9.90 Å². The van der Waals surface area contributed by atoms with Crippen LogP contribution in [0, 0.1) is 5.92 Å². The smallest absolute Gasteiger partial charge is 0.220 e. The number of aliphatic hydroxyl groups is 1. The number of carbonyl (C=O) groups is 1. The van der Waals surface area contributed by atoms with Crippen molar-refractivity contribution in [1.29, 1.82) is 0 Å². The van der Waals surface area contributed by atoms with E-state index in [9.17, 15) is 4.79 Å². The van der Waals surface area contributed by atoms with E-state index in [0.717, 1.165) is 12.8 Å². The Hall–Kier alpha value is -0.570. The van der Waals surface area contributed by atoms with Crippen molar-refractivity contribution in [2.75, 3.05) is 7.05 Å². The van der Waals surface area contributed by atoms with Crippen LogP contribution in [0.4, 0.5) is 0 Å². The third-order valence-corrected chi connectivity index (χ3v) is 2.10. The summed E-state index contributed by atoms with van der Waals surface area (Å²) in [7, 11) is 1.62. The van der Waals surface area contributed by atoms with E-state index in [0.29, 0.717) is 6.42 Å². The van der Waals surface area contributed by atoms with Crippen LogP contribution in [-0.4, -0.2) is 24.2 Å². The lowest BCUT2D eigenvalue weighted by Gasteiger charge is -2.31. The molecule has 3 heteroatoms. The number of rotatable bonds is 2. The fourth-order valence-corrected chi connectivity index (χ4v) is 1.13. The number of carbonyl (C=O) groups excluding carboxylic acids is 1. The van der Waals surface area contributed by atoms with Crippen LogP contribution < -0.4 is 5.32 Å². The maximum atomic E-state index is 10.7. The molecule has 0 bridgehead atoms. The molecule has 1 fully saturated rings. The average Bonchev–Trinajstić information content (AvgIpc) is 1.96. The molecule has 10 heavy (non-hydrogen) atoms. The molecule has 3 nitrogen and oxygen atoms in total. The van der Waals surface area contributed by atoms with Gasteiger partial charge in [0, 0.05) is 13.5 Å². The molecule has 1 aliphatic carbocycles. The minimum absolute atomic E-state index is 0.0312. The first-order valence-electron chi connectivity index (χ1n) is 3.62. The normalized spacial score (nSPS) is 31.0. The fraction of sp³-hybridized carbons (Fsp3) is 0.857. The lowest BCUT2D eigenvalue weighted by Crippen LogP contribution is -2.35. The predicted molar refractivity (Wildman–Crippen MR) is 37.4 cm³/mol. The van der Waals surface area contributed by atoms with Gasteiger partial charge in [-0.05, 0) is 18.8 Å². The number of aliphatic hydroxyl groups excluding tert-OH is 1. The molecule has 1 saturated carbocycles. The number of amides is 1. The van der Waals surface area contributed by atoms with Crippen LogP contribution in [0.1, 0.15) is 19.3 Å². The Morgan fingerprint density at radius 2 is 2.40 bits per heavy atom. The molecule has 0 radical (unpaired) electrons. The van der Waals surface area contributed by atoms with E-state index < -0.39 is 0 Å². The van der Waals surface area contributed by atoms with Gasteiger partial charge in [-0.25, -0.2) is 0 Å². The van der Waals surface area contributed by atoms with Gasteiger partial charge in [0.15, 0.2) is 0 Å². The summed E-state index contributed by atoms with van der Waals surface area (Å²) in [6, 6.07) is 0. The summed E-state index contributed by atoms with van der Waals surface area (Å²) < 4.78 is 0. The summed E-state index contributed by atoms with van der Waals surface area (Å²) in [5.74, 6) is 0.253. The van der Waals surface area contributed by atoms with Gasteiger partial charge in [0.05, 0.1) is 6.10 Å². The molecule has 0 aromatic heterocycles. The fourth-order valence-electron chi connectivity index (χ4n) is 1.13.